The number of fused-ring (bicyclic) bond motifs is 2. The Morgan fingerprint density at radius 1 is 1.03 bits per heavy atom. The van der Waals surface area contributed by atoms with Gasteiger partial charge in [0.05, 0.1) is 34.1 Å². The van der Waals surface area contributed by atoms with E-state index in [4.69, 9.17) is 14.7 Å². The van der Waals surface area contributed by atoms with Gasteiger partial charge in [0.1, 0.15) is 29.5 Å². The maximum atomic E-state index is 14.6. The van der Waals surface area contributed by atoms with Gasteiger partial charge in [0.25, 0.3) is 0 Å². The average molecular weight is 511 g/mol. The molecule has 0 spiro atoms. The summed E-state index contributed by atoms with van der Waals surface area (Å²) in [5.74, 6) is 1.59. The van der Waals surface area contributed by atoms with E-state index in [0.717, 1.165) is 40.4 Å². The lowest BCUT2D eigenvalue weighted by molar-refractivity contribution is 0.260. The Bertz CT molecular complexity index is 1780. The van der Waals surface area contributed by atoms with E-state index >= 15 is 0 Å². The number of ether oxygens (including phenoxy) is 1. The number of aromatic nitrogens is 7. The third-order valence-corrected chi connectivity index (χ3v) is 6.62. The summed E-state index contributed by atoms with van der Waals surface area (Å²) in [6.45, 7) is 3.15. The minimum atomic E-state index is -0.365. The van der Waals surface area contributed by atoms with Gasteiger partial charge in [0.2, 0.25) is 0 Å². The standard InChI is InChI=1S/C28H27FN8O/c1-16-30-15-24(37(16)4)21-8-9-23-26(31-21)27(35-34-23)28-32-22-7-5-6-20(25(22)33-28)17-12-18(29)14-19(13-17)38-11-10-36(2)3/h5-9,12-15H,10-11H2,1-4H3,(H,32,33)(H,34,35). The van der Waals surface area contributed by atoms with Gasteiger partial charge in [-0.1, -0.05) is 12.1 Å². The van der Waals surface area contributed by atoms with Crippen molar-refractivity contribution in [1.29, 1.82) is 0 Å². The summed E-state index contributed by atoms with van der Waals surface area (Å²) in [7, 11) is 5.90. The largest absolute Gasteiger partial charge is 0.492 e. The average Bonchev–Trinajstić information content (AvgIpc) is 3.59. The highest BCUT2D eigenvalue weighted by molar-refractivity contribution is 5.96. The number of para-hydroxylation sites is 1. The van der Waals surface area contributed by atoms with Crippen molar-refractivity contribution in [2.24, 2.45) is 7.05 Å². The number of aryl methyl sites for hydroxylation is 1. The first kappa shape index (κ1) is 23.8. The monoisotopic (exact) mass is 510 g/mol. The second-order valence-corrected chi connectivity index (χ2v) is 9.53. The second-order valence-electron chi connectivity index (χ2n) is 9.53. The van der Waals surface area contributed by atoms with Gasteiger partial charge in [0.15, 0.2) is 11.5 Å². The second kappa shape index (κ2) is 9.38. The molecule has 0 unspecified atom stereocenters. The topological polar surface area (TPSA) is 101 Å². The van der Waals surface area contributed by atoms with Gasteiger partial charge in [-0.25, -0.2) is 19.3 Å². The molecule has 4 aromatic heterocycles. The van der Waals surface area contributed by atoms with Crippen molar-refractivity contribution in [2.45, 2.75) is 6.92 Å². The lowest BCUT2D eigenvalue weighted by Crippen LogP contribution is -2.19. The highest BCUT2D eigenvalue weighted by Crippen LogP contribution is 2.33. The summed E-state index contributed by atoms with van der Waals surface area (Å²) in [4.78, 5) is 19.5. The predicted octanol–water partition coefficient (Wildman–Crippen LogP) is 4.96. The Morgan fingerprint density at radius 2 is 1.89 bits per heavy atom. The number of H-pyrrole nitrogens is 2. The molecule has 6 aromatic rings. The molecule has 6 rings (SSSR count). The molecule has 9 nitrogen and oxygen atoms in total. The van der Waals surface area contributed by atoms with E-state index in [9.17, 15) is 4.39 Å². The van der Waals surface area contributed by atoms with Crippen LogP contribution in [0.3, 0.4) is 0 Å². The molecule has 0 aliphatic heterocycles. The molecular weight excluding hydrogens is 483 g/mol. The maximum Gasteiger partial charge on any atom is 0.161 e. The summed E-state index contributed by atoms with van der Waals surface area (Å²) in [6.07, 6.45) is 1.81. The van der Waals surface area contributed by atoms with Gasteiger partial charge in [-0.05, 0) is 56.9 Å². The number of likely N-dealkylation sites (N-methyl/N-ethyl adjacent to an activating group) is 1. The van der Waals surface area contributed by atoms with Crippen molar-refractivity contribution in [3.05, 3.63) is 66.4 Å². The summed E-state index contributed by atoms with van der Waals surface area (Å²) in [5, 5.41) is 7.57. The van der Waals surface area contributed by atoms with E-state index in [2.05, 4.69) is 20.2 Å². The summed E-state index contributed by atoms with van der Waals surface area (Å²) in [5.41, 5.74) is 6.81. The highest BCUT2D eigenvalue weighted by Gasteiger charge is 2.18. The van der Waals surface area contributed by atoms with E-state index in [1.807, 2.05) is 80.1 Å². The van der Waals surface area contributed by atoms with Gasteiger partial charge in [0, 0.05) is 25.2 Å². The SMILES string of the molecule is Cc1ncc(-c2ccc3[nH]nc(-c4nc5c(-c6cc(F)cc(OCCN(C)C)c6)cccc5[nH]4)c3n2)n1C. The molecule has 0 amide bonds. The predicted molar refractivity (Wildman–Crippen MR) is 145 cm³/mol. The van der Waals surface area contributed by atoms with Crippen LogP contribution in [-0.4, -0.2) is 66.8 Å². The lowest BCUT2D eigenvalue weighted by Gasteiger charge is -2.12. The molecule has 0 saturated carbocycles. The Kier molecular flexibility index (Phi) is 5.88. The number of pyridine rings is 1. The number of imidazole rings is 2. The fourth-order valence-corrected chi connectivity index (χ4v) is 4.47. The molecule has 4 heterocycles. The molecule has 0 aliphatic rings. The van der Waals surface area contributed by atoms with E-state index in [-0.39, 0.29) is 5.82 Å². The number of rotatable bonds is 7. The minimum absolute atomic E-state index is 0.365. The van der Waals surface area contributed by atoms with Crippen molar-refractivity contribution >= 4 is 22.1 Å². The highest BCUT2D eigenvalue weighted by atomic mass is 19.1. The molecule has 192 valence electrons. The molecular formula is C28H27FN8O. The van der Waals surface area contributed by atoms with Crippen LogP contribution in [0.1, 0.15) is 5.82 Å². The molecule has 0 fully saturated rings. The number of nitrogens with zero attached hydrogens (tertiary/aromatic N) is 6. The Morgan fingerprint density at radius 3 is 2.68 bits per heavy atom. The van der Waals surface area contributed by atoms with Crippen LogP contribution < -0.4 is 4.74 Å². The summed E-state index contributed by atoms with van der Waals surface area (Å²) in [6, 6.07) is 14.4. The van der Waals surface area contributed by atoms with E-state index in [1.54, 1.807) is 0 Å². The third-order valence-electron chi connectivity index (χ3n) is 6.62. The van der Waals surface area contributed by atoms with E-state index < -0.39 is 0 Å². The molecule has 0 saturated heterocycles. The van der Waals surface area contributed by atoms with E-state index in [1.165, 1.54) is 12.1 Å². The van der Waals surface area contributed by atoms with Gasteiger partial charge in [-0.3, -0.25) is 5.10 Å². The van der Waals surface area contributed by atoms with Crippen LogP contribution in [0.5, 0.6) is 5.75 Å². The molecule has 0 aliphatic carbocycles. The molecule has 0 bridgehead atoms. The Hall–Kier alpha value is -4.57. The van der Waals surface area contributed by atoms with Gasteiger partial charge >= 0.3 is 0 Å². The Labute approximate surface area is 218 Å². The zero-order valence-electron chi connectivity index (χ0n) is 21.6. The van der Waals surface area contributed by atoms with Crippen LogP contribution in [0.4, 0.5) is 4.39 Å². The number of benzene rings is 2. The van der Waals surface area contributed by atoms with Gasteiger partial charge in [-0.15, -0.1) is 0 Å². The quantitative estimate of drug-likeness (QED) is 0.315. The molecule has 0 radical (unpaired) electrons. The molecule has 2 N–H and O–H groups in total. The van der Waals surface area contributed by atoms with Gasteiger partial charge in [-0.2, -0.15) is 5.10 Å². The van der Waals surface area contributed by atoms with Crippen LogP contribution in [0.15, 0.2) is 54.7 Å². The number of hydrogen-bond donors (Lipinski definition) is 2. The van der Waals surface area contributed by atoms with Crippen LogP contribution in [0.2, 0.25) is 0 Å². The molecule has 38 heavy (non-hydrogen) atoms. The molecule has 2 aromatic carbocycles. The summed E-state index contributed by atoms with van der Waals surface area (Å²) >= 11 is 0. The van der Waals surface area contributed by atoms with Crippen LogP contribution in [0, 0.1) is 12.7 Å². The first-order valence-electron chi connectivity index (χ1n) is 12.3. The number of aromatic amines is 2. The van der Waals surface area contributed by atoms with Gasteiger partial charge < -0.3 is 19.2 Å². The van der Waals surface area contributed by atoms with Crippen molar-refractivity contribution in [1.82, 2.24) is 39.6 Å². The fraction of sp³-hybridized carbons (Fsp3) is 0.214. The molecule has 0 atom stereocenters. The third kappa shape index (κ3) is 4.28. The zero-order chi connectivity index (χ0) is 26.4. The normalized spacial score (nSPS) is 11.7. The Balaban J connectivity index is 1.41. The number of halogens is 1. The maximum absolute atomic E-state index is 14.6. The van der Waals surface area contributed by atoms with Crippen molar-refractivity contribution in [3.8, 4) is 39.8 Å². The van der Waals surface area contributed by atoms with E-state index in [0.29, 0.717) is 40.5 Å². The van der Waals surface area contributed by atoms with Crippen molar-refractivity contribution < 1.29 is 9.13 Å². The first-order valence-corrected chi connectivity index (χ1v) is 12.3. The first-order chi connectivity index (χ1) is 18.4. The number of nitrogens with one attached hydrogen (secondary N) is 2. The van der Waals surface area contributed by atoms with Crippen molar-refractivity contribution in [3.63, 3.8) is 0 Å². The number of hydrogen-bond acceptors (Lipinski definition) is 6. The fourth-order valence-electron chi connectivity index (χ4n) is 4.47. The van der Waals surface area contributed by atoms with Crippen LogP contribution in [-0.2, 0) is 7.05 Å². The van der Waals surface area contributed by atoms with Crippen molar-refractivity contribution in [2.75, 3.05) is 27.2 Å². The van der Waals surface area contributed by atoms with Crippen LogP contribution >= 0.6 is 0 Å². The van der Waals surface area contributed by atoms with Crippen LogP contribution in [0.25, 0.3) is 56.1 Å². The minimum Gasteiger partial charge on any atom is -0.492 e. The molecule has 10 heteroatoms. The smallest absolute Gasteiger partial charge is 0.161 e. The zero-order valence-corrected chi connectivity index (χ0v) is 21.6. The lowest BCUT2D eigenvalue weighted by atomic mass is 10.0. The summed E-state index contributed by atoms with van der Waals surface area (Å²) < 4.78 is 22.4.